The molecule has 2 nitrogen and oxygen atoms in total. The molecule has 0 saturated carbocycles. The predicted octanol–water partition coefficient (Wildman–Crippen LogP) is 2.88. The topological polar surface area (TPSA) is 35.2 Å². The molecule has 3 heteroatoms. The predicted molar refractivity (Wildman–Crippen MR) is 65.4 cm³/mol. The van der Waals surface area contributed by atoms with Gasteiger partial charge in [-0.15, -0.1) is 0 Å². The molecule has 0 heterocycles. The minimum Gasteiger partial charge on any atom is -0.494 e. The third-order valence-electron chi connectivity index (χ3n) is 2.69. The summed E-state index contributed by atoms with van der Waals surface area (Å²) in [5.41, 5.74) is 7.76. The summed E-state index contributed by atoms with van der Waals surface area (Å²) in [5.74, 6) is -0.162. The second-order valence-electron chi connectivity index (χ2n) is 3.78. The first-order chi connectivity index (χ1) is 8.22. The first kappa shape index (κ1) is 11.6. The van der Waals surface area contributed by atoms with Crippen molar-refractivity contribution >= 4 is 0 Å². The Morgan fingerprint density at radius 2 is 1.76 bits per heavy atom. The van der Waals surface area contributed by atoms with E-state index >= 15 is 0 Å². The van der Waals surface area contributed by atoms with Gasteiger partial charge in [-0.1, -0.05) is 36.4 Å². The van der Waals surface area contributed by atoms with Crippen LogP contribution in [0.1, 0.15) is 17.2 Å². The highest BCUT2D eigenvalue weighted by Gasteiger charge is 2.11. The largest absolute Gasteiger partial charge is 0.494 e. The van der Waals surface area contributed by atoms with E-state index in [0.29, 0.717) is 0 Å². The number of methoxy groups -OCH3 is 1. The number of ether oxygens (including phenoxy) is 1. The Morgan fingerprint density at radius 1 is 1.06 bits per heavy atom. The van der Waals surface area contributed by atoms with Crippen LogP contribution in [0.2, 0.25) is 0 Å². The van der Waals surface area contributed by atoms with Gasteiger partial charge in [-0.3, -0.25) is 0 Å². The van der Waals surface area contributed by atoms with Crippen LogP contribution in [0.15, 0.2) is 48.5 Å². The monoisotopic (exact) mass is 231 g/mol. The highest BCUT2D eigenvalue weighted by molar-refractivity contribution is 5.36. The molecule has 0 bridgehead atoms. The third kappa shape index (κ3) is 2.45. The van der Waals surface area contributed by atoms with E-state index in [2.05, 4.69) is 0 Å². The first-order valence-electron chi connectivity index (χ1n) is 5.36. The minimum absolute atomic E-state index is 0.231. The molecule has 2 aromatic carbocycles. The van der Waals surface area contributed by atoms with Crippen molar-refractivity contribution in [1.82, 2.24) is 0 Å². The van der Waals surface area contributed by atoms with Gasteiger partial charge in [0.2, 0.25) is 0 Å². The van der Waals surface area contributed by atoms with Crippen molar-refractivity contribution in [2.45, 2.75) is 6.04 Å². The Labute approximate surface area is 99.8 Å². The minimum atomic E-state index is -0.392. The molecule has 0 aliphatic carbocycles. The molecule has 0 aliphatic rings. The molecular formula is C14H14FNO. The lowest BCUT2D eigenvalue weighted by Crippen LogP contribution is -2.12. The fourth-order valence-electron chi connectivity index (χ4n) is 1.73. The van der Waals surface area contributed by atoms with Gasteiger partial charge in [0.1, 0.15) is 0 Å². The van der Waals surface area contributed by atoms with Gasteiger partial charge < -0.3 is 10.5 Å². The standard InChI is InChI=1S/C14H14FNO/c1-17-13-8-7-11(9-12(13)15)14(16)10-5-3-2-4-6-10/h2-9,14H,16H2,1H3. The molecule has 0 amide bonds. The lowest BCUT2D eigenvalue weighted by Gasteiger charge is -2.13. The summed E-state index contributed by atoms with van der Waals surface area (Å²) in [7, 11) is 1.44. The maximum absolute atomic E-state index is 13.5. The highest BCUT2D eigenvalue weighted by Crippen LogP contribution is 2.24. The molecule has 0 fully saturated rings. The molecule has 17 heavy (non-hydrogen) atoms. The normalized spacial score (nSPS) is 12.2. The Hall–Kier alpha value is -1.87. The molecule has 2 aromatic rings. The summed E-state index contributed by atoms with van der Waals surface area (Å²) < 4.78 is 18.4. The van der Waals surface area contributed by atoms with E-state index in [4.69, 9.17) is 10.5 Å². The quantitative estimate of drug-likeness (QED) is 0.881. The lowest BCUT2D eigenvalue weighted by molar-refractivity contribution is 0.386. The van der Waals surface area contributed by atoms with Crippen LogP contribution in [0.25, 0.3) is 0 Å². The van der Waals surface area contributed by atoms with Crippen LogP contribution in [0, 0.1) is 5.82 Å². The molecule has 1 atom stereocenters. The zero-order valence-electron chi connectivity index (χ0n) is 9.56. The third-order valence-corrected chi connectivity index (χ3v) is 2.69. The molecule has 2 rings (SSSR count). The summed E-state index contributed by atoms with van der Waals surface area (Å²) in [6.45, 7) is 0. The van der Waals surface area contributed by atoms with E-state index in [0.717, 1.165) is 11.1 Å². The van der Waals surface area contributed by atoms with Gasteiger partial charge >= 0.3 is 0 Å². The maximum atomic E-state index is 13.5. The number of rotatable bonds is 3. The Balaban J connectivity index is 2.32. The van der Waals surface area contributed by atoms with Crippen LogP contribution >= 0.6 is 0 Å². The fourth-order valence-corrected chi connectivity index (χ4v) is 1.73. The van der Waals surface area contributed by atoms with E-state index in [9.17, 15) is 4.39 Å². The van der Waals surface area contributed by atoms with Gasteiger partial charge in [0, 0.05) is 0 Å². The number of hydrogen-bond acceptors (Lipinski definition) is 2. The van der Waals surface area contributed by atoms with Gasteiger partial charge in [-0.25, -0.2) is 4.39 Å². The van der Waals surface area contributed by atoms with E-state index in [-0.39, 0.29) is 11.8 Å². The van der Waals surface area contributed by atoms with E-state index in [1.54, 1.807) is 12.1 Å². The van der Waals surface area contributed by atoms with Crippen LogP contribution in [0.5, 0.6) is 5.75 Å². The fraction of sp³-hybridized carbons (Fsp3) is 0.143. The summed E-state index contributed by atoms with van der Waals surface area (Å²) in [4.78, 5) is 0. The Bertz CT molecular complexity index is 499. The second kappa shape index (κ2) is 4.97. The summed E-state index contributed by atoms with van der Waals surface area (Å²) in [6.07, 6.45) is 0. The molecule has 0 saturated heterocycles. The SMILES string of the molecule is COc1ccc(C(N)c2ccccc2)cc1F. The van der Waals surface area contributed by atoms with Gasteiger partial charge in [-0.05, 0) is 23.3 Å². The van der Waals surface area contributed by atoms with Crippen molar-refractivity contribution < 1.29 is 9.13 Å². The van der Waals surface area contributed by atoms with Crippen molar-refractivity contribution in [1.29, 1.82) is 0 Å². The van der Waals surface area contributed by atoms with Crippen molar-refractivity contribution in [2.75, 3.05) is 7.11 Å². The molecule has 0 aliphatic heterocycles. The molecule has 1 unspecified atom stereocenters. The molecule has 0 spiro atoms. The zero-order valence-corrected chi connectivity index (χ0v) is 9.56. The van der Waals surface area contributed by atoms with Gasteiger partial charge in [-0.2, -0.15) is 0 Å². The van der Waals surface area contributed by atoms with Gasteiger partial charge in [0.05, 0.1) is 13.2 Å². The van der Waals surface area contributed by atoms with Crippen LogP contribution < -0.4 is 10.5 Å². The molecule has 2 N–H and O–H groups in total. The average Bonchev–Trinajstić information content (AvgIpc) is 2.39. The van der Waals surface area contributed by atoms with Crippen LogP contribution in [-0.2, 0) is 0 Å². The maximum Gasteiger partial charge on any atom is 0.165 e. The van der Waals surface area contributed by atoms with Crippen LogP contribution in [-0.4, -0.2) is 7.11 Å². The summed E-state index contributed by atoms with van der Waals surface area (Å²) in [5, 5.41) is 0. The Morgan fingerprint density at radius 3 is 2.35 bits per heavy atom. The Kier molecular flexibility index (Phi) is 3.40. The van der Waals surface area contributed by atoms with E-state index in [1.807, 2.05) is 30.3 Å². The van der Waals surface area contributed by atoms with Crippen molar-refractivity contribution in [3.63, 3.8) is 0 Å². The smallest absolute Gasteiger partial charge is 0.165 e. The van der Waals surface area contributed by atoms with Gasteiger partial charge in [0.25, 0.3) is 0 Å². The molecular weight excluding hydrogens is 217 g/mol. The number of nitrogens with two attached hydrogens (primary N) is 1. The van der Waals surface area contributed by atoms with Gasteiger partial charge in [0.15, 0.2) is 11.6 Å². The molecule has 0 radical (unpaired) electrons. The van der Waals surface area contributed by atoms with Crippen molar-refractivity contribution in [3.05, 3.63) is 65.5 Å². The number of halogens is 1. The zero-order chi connectivity index (χ0) is 12.3. The lowest BCUT2D eigenvalue weighted by atomic mass is 9.99. The van der Waals surface area contributed by atoms with Crippen molar-refractivity contribution in [2.24, 2.45) is 5.73 Å². The second-order valence-corrected chi connectivity index (χ2v) is 3.78. The summed E-state index contributed by atoms with van der Waals surface area (Å²) in [6, 6.07) is 14.1. The summed E-state index contributed by atoms with van der Waals surface area (Å²) >= 11 is 0. The van der Waals surface area contributed by atoms with Crippen molar-refractivity contribution in [3.8, 4) is 5.75 Å². The van der Waals surface area contributed by atoms with E-state index < -0.39 is 5.82 Å². The number of hydrogen-bond donors (Lipinski definition) is 1. The number of benzene rings is 2. The highest BCUT2D eigenvalue weighted by atomic mass is 19.1. The average molecular weight is 231 g/mol. The molecule has 88 valence electrons. The first-order valence-corrected chi connectivity index (χ1v) is 5.36. The van der Waals surface area contributed by atoms with Crippen LogP contribution in [0.3, 0.4) is 0 Å². The molecule has 0 aromatic heterocycles. The van der Waals surface area contributed by atoms with Crippen LogP contribution in [0.4, 0.5) is 4.39 Å². The van der Waals surface area contributed by atoms with E-state index in [1.165, 1.54) is 13.2 Å².